The molecule has 0 fully saturated rings. The van der Waals surface area contributed by atoms with Gasteiger partial charge in [-0.1, -0.05) is 13.8 Å². The summed E-state index contributed by atoms with van der Waals surface area (Å²) in [4.78, 5) is 0. The molecule has 1 rings (SSSR count). The first-order chi connectivity index (χ1) is 4.70. The summed E-state index contributed by atoms with van der Waals surface area (Å²) in [5, 5.41) is 7.85. The average molecular weight is 201 g/mol. The predicted molar refractivity (Wildman–Crippen MR) is 43.8 cm³/mol. The Kier molecular flexibility index (Phi) is 2.38. The fourth-order valence-electron chi connectivity index (χ4n) is 0.634. The van der Waals surface area contributed by atoms with Crippen molar-refractivity contribution in [3.63, 3.8) is 0 Å². The summed E-state index contributed by atoms with van der Waals surface area (Å²) < 4.78 is 0.789. The van der Waals surface area contributed by atoms with E-state index in [1.165, 1.54) is 0 Å². The Bertz CT molecular complexity index is 205. The smallest absolute Gasteiger partial charge is 0.128 e. The van der Waals surface area contributed by atoms with E-state index in [4.69, 9.17) is 0 Å². The van der Waals surface area contributed by atoms with Gasteiger partial charge in [0.15, 0.2) is 0 Å². The molecule has 0 saturated heterocycles. The van der Waals surface area contributed by atoms with Crippen molar-refractivity contribution in [2.24, 2.45) is 0 Å². The van der Waals surface area contributed by atoms with E-state index in [2.05, 4.69) is 40.0 Å². The second-order valence-corrected chi connectivity index (χ2v) is 3.25. The number of halogens is 1. The van der Waals surface area contributed by atoms with Gasteiger partial charge in [-0.2, -0.15) is 5.10 Å². The minimum Gasteiger partial charge on any atom is -0.154 e. The second-order valence-electron chi connectivity index (χ2n) is 2.44. The Morgan fingerprint density at radius 2 is 2.00 bits per heavy atom. The van der Waals surface area contributed by atoms with E-state index in [0.717, 1.165) is 10.3 Å². The molecule has 1 aromatic heterocycles. The van der Waals surface area contributed by atoms with Crippen LogP contribution in [-0.4, -0.2) is 10.2 Å². The van der Waals surface area contributed by atoms with Crippen LogP contribution in [0.15, 0.2) is 16.7 Å². The van der Waals surface area contributed by atoms with Crippen LogP contribution in [-0.2, 0) is 0 Å². The van der Waals surface area contributed by atoms with Crippen LogP contribution in [0, 0.1) is 0 Å². The highest BCUT2D eigenvalue weighted by atomic mass is 79.9. The van der Waals surface area contributed by atoms with E-state index in [1.54, 1.807) is 0 Å². The first kappa shape index (κ1) is 7.66. The summed E-state index contributed by atoms with van der Waals surface area (Å²) in [5.41, 5.74) is 1.03. The van der Waals surface area contributed by atoms with Crippen LogP contribution < -0.4 is 0 Å². The number of aromatic nitrogens is 2. The molecule has 0 aromatic carbocycles. The van der Waals surface area contributed by atoms with E-state index < -0.39 is 0 Å². The number of hydrogen-bond donors (Lipinski definition) is 0. The fourth-order valence-corrected chi connectivity index (χ4v) is 0.846. The molecule has 54 valence electrons. The average Bonchev–Trinajstić information content (AvgIpc) is 1.88. The van der Waals surface area contributed by atoms with Gasteiger partial charge < -0.3 is 0 Å². The molecule has 0 aliphatic heterocycles. The van der Waals surface area contributed by atoms with Gasteiger partial charge in [-0.25, -0.2) is 0 Å². The molecule has 1 aromatic rings. The molecule has 0 atom stereocenters. The molecular formula is C7H9BrN2. The molecule has 0 bridgehead atoms. The van der Waals surface area contributed by atoms with Crippen molar-refractivity contribution in [2.45, 2.75) is 19.8 Å². The maximum Gasteiger partial charge on any atom is 0.128 e. The van der Waals surface area contributed by atoms with Crippen LogP contribution in [0.4, 0.5) is 0 Å². The lowest BCUT2D eigenvalue weighted by molar-refractivity contribution is 0.780. The van der Waals surface area contributed by atoms with Crippen molar-refractivity contribution in [3.8, 4) is 0 Å². The Balaban J connectivity index is 2.89. The van der Waals surface area contributed by atoms with Crippen LogP contribution in [0.2, 0.25) is 0 Å². The molecule has 0 aliphatic carbocycles. The fraction of sp³-hybridized carbons (Fsp3) is 0.429. The van der Waals surface area contributed by atoms with Crippen LogP contribution in [0.3, 0.4) is 0 Å². The van der Waals surface area contributed by atoms with Crippen molar-refractivity contribution >= 4 is 15.9 Å². The molecule has 10 heavy (non-hydrogen) atoms. The molecule has 3 heteroatoms. The highest BCUT2D eigenvalue weighted by Crippen LogP contribution is 2.11. The SMILES string of the molecule is CC(C)c1ccc(Br)nn1. The van der Waals surface area contributed by atoms with Gasteiger partial charge in [-0.15, -0.1) is 5.10 Å². The summed E-state index contributed by atoms with van der Waals surface area (Å²) in [5.74, 6) is 0.459. The van der Waals surface area contributed by atoms with Crippen molar-refractivity contribution in [1.82, 2.24) is 10.2 Å². The maximum atomic E-state index is 3.98. The van der Waals surface area contributed by atoms with E-state index in [1.807, 2.05) is 12.1 Å². The highest BCUT2D eigenvalue weighted by molar-refractivity contribution is 9.10. The lowest BCUT2D eigenvalue weighted by Gasteiger charge is -2.00. The van der Waals surface area contributed by atoms with Gasteiger partial charge in [0.1, 0.15) is 4.60 Å². The standard InChI is InChI=1S/C7H9BrN2/c1-5(2)6-3-4-7(8)10-9-6/h3-5H,1-2H3. The molecule has 0 amide bonds. The van der Waals surface area contributed by atoms with Gasteiger partial charge in [-0.3, -0.25) is 0 Å². The topological polar surface area (TPSA) is 25.8 Å². The van der Waals surface area contributed by atoms with Crippen molar-refractivity contribution < 1.29 is 0 Å². The van der Waals surface area contributed by atoms with E-state index in [-0.39, 0.29) is 0 Å². The maximum absolute atomic E-state index is 3.98. The van der Waals surface area contributed by atoms with E-state index in [9.17, 15) is 0 Å². The van der Waals surface area contributed by atoms with Gasteiger partial charge in [0, 0.05) is 0 Å². The van der Waals surface area contributed by atoms with Crippen LogP contribution >= 0.6 is 15.9 Å². The summed E-state index contributed by atoms with van der Waals surface area (Å²) in [6, 6.07) is 3.88. The largest absolute Gasteiger partial charge is 0.154 e. The monoisotopic (exact) mass is 200 g/mol. The number of nitrogens with zero attached hydrogens (tertiary/aromatic N) is 2. The van der Waals surface area contributed by atoms with Gasteiger partial charge in [0.25, 0.3) is 0 Å². The first-order valence-corrected chi connectivity index (χ1v) is 3.98. The van der Waals surface area contributed by atoms with E-state index in [0.29, 0.717) is 5.92 Å². The Labute approximate surface area is 68.8 Å². The second kappa shape index (κ2) is 3.10. The van der Waals surface area contributed by atoms with Gasteiger partial charge in [0.05, 0.1) is 5.69 Å². The molecule has 0 spiro atoms. The number of hydrogen-bond acceptors (Lipinski definition) is 2. The molecule has 2 nitrogen and oxygen atoms in total. The van der Waals surface area contributed by atoms with Crippen LogP contribution in [0.1, 0.15) is 25.5 Å². The van der Waals surface area contributed by atoms with Crippen LogP contribution in [0.25, 0.3) is 0 Å². The van der Waals surface area contributed by atoms with E-state index >= 15 is 0 Å². The third-order valence-corrected chi connectivity index (χ3v) is 1.67. The molecule has 1 heterocycles. The summed E-state index contributed by atoms with van der Waals surface area (Å²) in [6.07, 6.45) is 0. The normalized spacial score (nSPS) is 10.4. The first-order valence-electron chi connectivity index (χ1n) is 3.19. The zero-order valence-corrected chi connectivity index (χ0v) is 7.59. The quantitative estimate of drug-likeness (QED) is 0.696. The van der Waals surface area contributed by atoms with Gasteiger partial charge in [-0.05, 0) is 34.0 Å². The third kappa shape index (κ3) is 1.77. The summed E-state index contributed by atoms with van der Waals surface area (Å²) >= 11 is 3.22. The lowest BCUT2D eigenvalue weighted by atomic mass is 10.1. The Morgan fingerprint density at radius 3 is 2.40 bits per heavy atom. The van der Waals surface area contributed by atoms with Crippen LogP contribution in [0.5, 0.6) is 0 Å². The molecule has 0 radical (unpaired) electrons. The highest BCUT2D eigenvalue weighted by Gasteiger charge is 1.99. The van der Waals surface area contributed by atoms with Gasteiger partial charge >= 0.3 is 0 Å². The molecular weight excluding hydrogens is 192 g/mol. The van der Waals surface area contributed by atoms with Crippen molar-refractivity contribution in [3.05, 3.63) is 22.4 Å². The number of rotatable bonds is 1. The molecule has 0 aliphatic rings. The molecule has 0 N–H and O–H groups in total. The van der Waals surface area contributed by atoms with Crippen molar-refractivity contribution in [1.29, 1.82) is 0 Å². The lowest BCUT2D eigenvalue weighted by Crippen LogP contribution is -1.93. The third-order valence-electron chi connectivity index (χ3n) is 1.24. The molecule has 0 unspecified atom stereocenters. The minimum atomic E-state index is 0.459. The summed E-state index contributed by atoms with van der Waals surface area (Å²) in [6.45, 7) is 4.19. The zero-order chi connectivity index (χ0) is 7.56. The van der Waals surface area contributed by atoms with Crippen molar-refractivity contribution in [2.75, 3.05) is 0 Å². The molecule has 0 saturated carbocycles. The minimum absolute atomic E-state index is 0.459. The Hall–Kier alpha value is -0.440. The Morgan fingerprint density at radius 1 is 1.30 bits per heavy atom. The summed E-state index contributed by atoms with van der Waals surface area (Å²) in [7, 11) is 0. The zero-order valence-electron chi connectivity index (χ0n) is 6.00. The predicted octanol–water partition coefficient (Wildman–Crippen LogP) is 2.36. The van der Waals surface area contributed by atoms with Gasteiger partial charge in [0.2, 0.25) is 0 Å².